The third kappa shape index (κ3) is 10.7. The molecule has 0 spiro atoms. The summed E-state index contributed by atoms with van der Waals surface area (Å²) >= 11 is 3.12. The molecule has 2 aliphatic heterocycles. The minimum atomic E-state index is -0.803. The Balaban J connectivity index is 1.19. The normalized spacial score (nSPS) is 20.0. The second kappa shape index (κ2) is 17.8. The van der Waals surface area contributed by atoms with Crippen LogP contribution in [0.2, 0.25) is 0 Å². The molecule has 5 amide bonds. The van der Waals surface area contributed by atoms with Gasteiger partial charge in [-0.25, -0.2) is 9.78 Å². The van der Waals surface area contributed by atoms with Crippen molar-refractivity contribution in [2.24, 2.45) is 5.73 Å². The van der Waals surface area contributed by atoms with Crippen molar-refractivity contribution in [3.63, 3.8) is 0 Å². The number of nitriles is 1. The lowest BCUT2D eigenvalue weighted by Crippen LogP contribution is -2.50. The van der Waals surface area contributed by atoms with Gasteiger partial charge in [0.25, 0.3) is 0 Å². The number of thiazole rings is 1. The third-order valence-electron chi connectivity index (χ3n) is 7.49. The Labute approximate surface area is 279 Å². The van der Waals surface area contributed by atoms with Gasteiger partial charge < -0.3 is 32.3 Å². The molecule has 45 heavy (non-hydrogen) atoms. The number of benzene rings is 1. The molecular formula is C29H40N8O4S4. The SMILES string of the molecule is CCSSCC(N)C(=O)NC(CCCCNC(=O)CCCCC1SCC2NC(=O)NC21)C(=O)Nc1ccc2nc(C#N)sc2c1. The van der Waals surface area contributed by atoms with Gasteiger partial charge in [-0.05, 0) is 50.3 Å². The van der Waals surface area contributed by atoms with E-state index in [4.69, 9.17) is 11.0 Å². The number of hydrogen-bond donors (Lipinski definition) is 6. The van der Waals surface area contributed by atoms with Crippen LogP contribution >= 0.6 is 44.7 Å². The molecule has 3 heterocycles. The van der Waals surface area contributed by atoms with Crippen LogP contribution in [0.4, 0.5) is 10.5 Å². The number of hydrogen-bond acceptors (Lipinski definition) is 11. The number of urea groups is 1. The van der Waals surface area contributed by atoms with Gasteiger partial charge in [0, 0.05) is 41.2 Å². The van der Waals surface area contributed by atoms with E-state index in [2.05, 4.69) is 31.6 Å². The van der Waals surface area contributed by atoms with Gasteiger partial charge in [-0.3, -0.25) is 14.4 Å². The summed E-state index contributed by atoms with van der Waals surface area (Å²) in [5, 5.41) is 24.5. The van der Waals surface area contributed by atoms with E-state index in [-0.39, 0.29) is 35.8 Å². The number of nitrogens with zero attached hydrogens (tertiary/aromatic N) is 2. The molecule has 4 rings (SSSR count). The first kappa shape index (κ1) is 35.1. The Hall–Kier alpha value is -2.71. The Morgan fingerprint density at radius 1 is 1.18 bits per heavy atom. The number of rotatable bonds is 18. The molecule has 0 radical (unpaired) electrons. The Morgan fingerprint density at radius 2 is 2.02 bits per heavy atom. The Kier molecular flexibility index (Phi) is 13.9. The Bertz CT molecular complexity index is 1390. The third-order valence-corrected chi connectivity index (χ3v) is 12.4. The average Bonchev–Trinajstić information content (AvgIpc) is 3.72. The molecule has 12 nitrogen and oxygen atoms in total. The van der Waals surface area contributed by atoms with E-state index in [0.29, 0.717) is 59.4 Å². The number of nitrogens with one attached hydrogen (secondary N) is 5. The summed E-state index contributed by atoms with van der Waals surface area (Å²) in [6.45, 7) is 2.51. The summed E-state index contributed by atoms with van der Waals surface area (Å²) in [6.07, 6.45) is 4.77. The first-order valence-corrected chi connectivity index (χ1v) is 19.5. The quantitative estimate of drug-likeness (QED) is 0.0768. The maximum Gasteiger partial charge on any atom is 0.315 e. The molecule has 0 saturated carbocycles. The average molecular weight is 693 g/mol. The van der Waals surface area contributed by atoms with Gasteiger partial charge in [0.15, 0.2) is 5.01 Å². The molecule has 2 saturated heterocycles. The number of carbonyl (C=O) groups excluding carboxylic acids is 4. The largest absolute Gasteiger partial charge is 0.356 e. The van der Waals surface area contributed by atoms with E-state index < -0.39 is 12.1 Å². The Morgan fingerprint density at radius 3 is 2.82 bits per heavy atom. The van der Waals surface area contributed by atoms with Gasteiger partial charge in [-0.1, -0.05) is 34.9 Å². The predicted molar refractivity (Wildman–Crippen MR) is 184 cm³/mol. The van der Waals surface area contributed by atoms with E-state index in [1.165, 1.54) is 22.1 Å². The minimum absolute atomic E-state index is 0.00294. The lowest BCUT2D eigenvalue weighted by molar-refractivity contribution is -0.127. The van der Waals surface area contributed by atoms with E-state index in [0.717, 1.165) is 35.5 Å². The molecule has 0 aliphatic carbocycles. The fraction of sp³-hybridized carbons (Fsp3) is 0.586. The maximum absolute atomic E-state index is 13.3. The highest BCUT2D eigenvalue weighted by atomic mass is 33.1. The zero-order valence-electron chi connectivity index (χ0n) is 25.1. The second-order valence-corrected chi connectivity index (χ2v) is 16.0. The summed E-state index contributed by atoms with van der Waals surface area (Å²) in [4.78, 5) is 54.2. The van der Waals surface area contributed by atoms with Crippen LogP contribution in [0, 0.1) is 11.3 Å². The lowest BCUT2D eigenvalue weighted by Gasteiger charge is -2.21. The molecular weight excluding hydrogens is 653 g/mol. The first-order valence-electron chi connectivity index (χ1n) is 15.1. The number of nitrogens with two attached hydrogens (primary N) is 1. The van der Waals surface area contributed by atoms with Crippen molar-refractivity contribution in [3.8, 4) is 6.07 Å². The molecule has 0 bridgehead atoms. The molecule has 5 unspecified atom stereocenters. The van der Waals surface area contributed by atoms with E-state index in [9.17, 15) is 19.2 Å². The van der Waals surface area contributed by atoms with Gasteiger partial charge in [-0.15, -0.1) is 11.3 Å². The lowest BCUT2D eigenvalue weighted by atomic mass is 10.0. The van der Waals surface area contributed by atoms with Crippen molar-refractivity contribution in [1.82, 2.24) is 26.3 Å². The summed E-state index contributed by atoms with van der Waals surface area (Å²) in [5.74, 6) is 1.51. The number of amides is 5. The van der Waals surface area contributed by atoms with Crippen molar-refractivity contribution in [2.45, 2.75) is 81.3 Å². The van der Waals surface area contributed by atoms with Crippen LogP contribution in [0.5, 0.6) is 0 Å². The number of aromatic nitrogens is 1. The summed E-state index contributed by atoms with van der Waals surface area (Å²) in [5.41, 5.74) is 7.30. The van der Waals surface area contributed by atoms with Crippen LogP contribution in [0.1, 0.15) is 56.9 Å². The fourth-order valence-corrected chi connectivity index (χ4v) is 9.31. The van der Waals surface area contributed by atoms with E-state index >= 15 is 0 Å². The molecule has 244 valence electrons. The summed E-state index contributed by atoms with van der Waals surface area (Å²) in [7, 11) is 3.14. The predicted octanol–water partition coefficient (Wildman–Crippen LogP) is 3.33. The van der Waals surface area contributed by atoms with Gasteiger partial charge in [0.05, 0.1) is 28.3 Å². The van der Waals surface area contributed by atoms with Gasteiger partial charge in [0.1, 0.15) is 12.1 Å². The summed E-state index contributed by atoms with van der Waals surface area (Å²) in [6, 6.07) is 6.01. The molecule has 7 N–H and O–H groups in total. The zero-order valence-corrected chi connectivity index (χ0v) is 28.4. The number of thioether (sulfide) groups is 1. The van der Waals surface area contributed by atoms with Crippen molar-refractivity contribution < 1.29 is 19.2 Å². The van der Waals surface area contributed by atoms with Crippen LogP contribution in [0.15, 0.2) is 18.2 Å². The highest BCUT2D eigenvalue weighted by Crippen LogP contribution is 2.33. The molecule has 2 fully saturated rings. The summed E-state index contributed by atoms with van der Waals surface area (Å²) < 4.78 is 0.777. The standard InChI is InChI=1S/C29H40N8O4S4/c1-2-43-44-15-18(31)27(39)35-20(28(40)33-17-10-11-19-23(13-17)45-25(14-30)34-19)7-5-6-12-32-24(38)9-4-3-8-22-26-21(16-42-22)36-29(41)37-26/h10-11,13,18,20-22,26H,2-9,12,15-16,31H2,1H3,(H,32,38)(H,33,40)(H,35,39)(H2,36,37,41). The molecule has 2 aromatic rings. The van der Waals surface area contributed by atoms with Crippen LogP contribution in [0.25, 0.3) is 10.2 Å². The van der Waals surface area contributed by atoms with Crippen molar-refractivity contribution in [1.29, 1.82) is 5.26 Å². The molecule has 16 heteroatoms. The van der Waals surface area contributed by atoms with Crippen molar-refractivity contribution in [2.75, 3.05) is 29.1 Å². The van der Waals surface area contributed by atoms with Crippen LogP contribution in [-0.2, 0) is 14.4 Å². The van der Waals surface area contributed by atoms with Crippen LogP contribution < -0.4 is 32.3 Å². The molecule has 5 atom stereocenters. The molecule has 1 aromatic heterocycles. The number of carbonyl (C=O) groups is 4. The van der Waals surface area contributed by atoms with Gasteiger partial charge in [0.2, 0.25) is 17.7 Å². The van der Waals surface area contributed by atoms with E-state index in [1.807, 2.05) is 24.8 Å². The minimum Gasteiger partial charge on any atom is -0.356 e. The highest BCUT2D eigenvalue weighted by Gasteiger charge is 2.42. The zero-order chi connectivity index (χ0) is 32.2. The topological polar surface area (TPSA) is 191 Å². The molecule has 1 aromatic carbocycles. The monoisotopic (exact) mass is 692 g/mol. The van der Waals surface area contributed by atoms with Gasteiger partial charge in [-0.2, -0.15) is 17.0 Å². The highest BCUT2D eigenvalue weighted by molar-refractivity contribution is 8.76. The van der Waals surface area contributed by atoms with E-state index in [1.54, 1.807) is 29.0 Å². The first-order chi connectivity index (χ1) is 21.8. The number of unbranched alkanes of at least 4 members (excludes halogenated alkanes) is 2. The fourth-order valence-electron chi connectivity index (χ4n) is 5.17. The smallest absolute Gasteiger partial charge is 0.315 e. The van der Waals surface area contributed by atoms with Gasteiger partial charge >= 0.3 is 6.03 Å². The number of fused-ring (bicyclic) bond motifs is 2. The maximum atomic E-state index is 13.3. The van der Waals surface area contributed by atoms with Crippen molar-refractivity contribution in [3.05, 3.63) is 23.2 Å². The van der Waals surface area contributed by atoms with Crippen LogP contribution in [0.3, 0.4) is 0 Å². The second-order valence-electron chi connectivity index (χ2n) is 10.9. The van der Waals surface area contributed by atoms with Crippen molar-refractivity contribution >= 4 is 84.3 Å². The molecule has 2 aliphatic rings. The van der Waals surface area contributed by atoms with Crippen LogP contribution in [-0.4, -0.2) is 82.0 Å². The number of anilines is 1.